The maximum absolute atomic E-state index is 5.29. The molecule has 0 aliphatic carbocycles. The standard InChI is InChI=1S/2C13H8N4.C3H8.Pt/c2*1-2-10-6-7-11(14-9-10)13-16-15-12-5-3-4-8-17(12)13;1-3-2;/h2*1,3-9H;3H2,1-2H3;. The first-order valence-corrected chi connectivity index (χ1v) is 11.6. The molecule has 6 rings (SSSR count). The number of terminal acetylenes is 2. The molecule has 0 unspecified atom stereocenters. The summed E-state index contributed by atoms with van der Waals surface area (Å²) in [5.74, 6) is 6.49. The van der Waals surface area contributed by atoms with Gasteiger partial charge in [0, 0.05) is 57.0 Å². The number of pyridine rings is 4. The topological polar surface area (TPSA) is 86.2 Å². The van der Waals surface area contributed by atoms with Gasteiger partial charge >= 0.3 is 0 Å². The van der Waals surface area contributed by atoms with Gasteiger partial charge in [0.2, 0.25) is 0 Å². The van der Waals surface area contributed by atoms with E-state index in [1.807, 2.05) is 81.9 Å². The largest absolute Gasteiger partial charge is 0.281 e. The fourth-order valence-electron chi connectivity index (χ4n) is 3.26. The van der Waals surface area contributed by atoms with E-state index in [1.54, 1.807) is 12.4 Å². The van der Waals surface area contributed by atoms with Crippen LogP contribution in [0.3, 0.4) is 0 Å². The molecule has 0 aromatic carbocycles. The fraction of sp³-hybridized carbons (Fsp3) is 0.103. The van der Waals surface area contributed by atoms with E-state index in [0.29, 0.717) is 11.6 Å². The zero-order chi connectivity index (χ0) is 26.0. The van der Waals surface area contributed by atoms with Crippen molar-refractivity contribution in [2.45, 2.75) is 20.3 Å². The minimum atomic E-state index is 0. The molecule has 6 aromatic heterocycles. The third-order valence-corrected chi connectivity index (χ3v) is 4.95. The summed E-state index contributed by atoms with van der Waals surface area (Å²) in [6.07, 6.45) is 18.9. The zero-order valence-electron chi connectivity index (χ0n) is 20.8. The van der Waals surface area contributed by atoms with Crippen LogP contribution in [-0.4, -0.2) is 39.2 Å². The van der Waals surface area contributed by atoms with Crippen molar-refractivity contribution in [2.75, 3.05) is 0 Å². The summed E-state index contributed by atoms with van der Waals surface area (Å²) in [6, 6.07) is 18.9. The Balaban J connectivity index is 0.000000187. The quantitative estimate of drug-likeness (QED) is 0.241. The molecule has 190 valence electrons. The van der Waals surface area contributed by atoms with Gasteiger partial charge in [-0.05, 0) is 48.5 Å². The second-order valence-electron chi connectivity index (χ2n) is 7.76. The van der Waals surface area contributed by atoms with Gasteiger partial charge in [-0.25, -0.2) is 0 Å². The summed E-state index contributed by atoms with van der Waals surface area (Å²) < 4.78 is 3.77. The van der Waals surface area contributed by atoms with Crippen LogP contribution < -0.4 is 0 Å². The molecule has 0 amide bonds. The third-order valence-electron chi connectivity index (χ3n) is 4.95. The molecule has 8 nitrogen and oxygen atoms in total. The van der Waals surface area contributed by atoms with Gasteiger partial charge in [0.05, 0.1) is 0 Å². The predicted molar refractivity (Wildman–Crippen MR) is 144 cm³/mol. The van der Waals surface area contributed by atoms with Crippen LogP contribution in [0.5, 0.6) is 0 Å². The molecule has 9 heteroatoms. The second-order valence-corrected chi connectivity index (χ2v) is 7.76. The molecule has 0 saturated carbocycles. The van der Waals surface area contributed by atoms with Crippen LogP contribution in [0, 0.1) is 24.7 Å². The average Bonchev–Trinajstić information content (AvgIpc) is 3.59. The number of hydrogen-bond acceptors (Lipinski definition) is 6. The van der Waals surface area contributed by atoms with Crippen molar-refractivity contribution in [1.82, 2.24) is 39.2 Å². The Labute approximate surface area is 235 Å². The van der Waals surface area contributed by atoms with E-state index >= 15 is 0 Å². The van der Waals surface area contributed by atoms with Gasteiger partial charge in [-0.2, -0.15) is 0 Å². The summed E-state index contributed by atoms with van der Waals surface area (Å²) in [6.45, 7) is 4.25. The number of hydrogen-bond donors (Lipinski definition) is 0. The van der Waals surface area contributed by atoms with Crippen molar-refractivity contribution >= 4 is 11.3 Å². The second kappa shape index (κ2) is 13.6. The number of rotatable bonds is 2. The van der Waals surface area contributed by atoms with Gasteiger partial charge < -0.3 is 0 Å². The van der Waals surface area contributed by atoms with Crippen LogP contribution >= 0.6 is 0 Å². The normalized spacial score (nSPS) is 9.68. The molecule has 0 atom stereocenters. The fourth-order valence-corrected chi connectivity index (χ4v) is 3.26. The first kappa shape index (κ1) is 27.9. The Bertz CT molecular complexity index is 1560. The van der Waals surface area contributed by atoms with Crippen molar-refractivity contribution in [3.63, 3.8) is 0 Å². The maximum Gasteiger partial charge on any atom is 0.186 e. The van der Waals surface area contributed by atoms with E-state index < -0.39 is 0 Å². The van der Waals surface area contributed by atoms with Gasteiger partial charge in [-0.15, -0.1) is 33.2 Å². The van der Waals surface area contributed by atoms with E-state index in [2.05, 4.69) is 56.1 Å². The molecule has 0 saturated heterocycles. The Morgan fingerprint density at radius 3 is 1.39 bits per heavy atom. The summed E-state index contributed by atoms with van der Waals surface area (Å²) in [4.78, 5) is 8.55. The zero-order valence-corrected chi connectivity index (χ0v) is 23.1. The molecular weight excluding hydrogens is 655 g/mol. The van der Waals surface area contributed by atoms with Crippen molar-refractivity contribution in [1.29, 1.82) is 0 Å². The molecule has 0 fully saturated rings. The maximum atomic E-state index is 5.29. The molecular formula is C29H24N8Pt. The minimum Gasteiger partial charge on any atom is -0.281 e. The summed E-state index contributed by atoms with van der Waals surface area (Å²) in [7, 11) is 0. The van der Waals surface area contributed by atoms with E-state index in [1.165, 1.54) is 6.42 Å². The first-order valence-electron chi connectivity index (χ1n) is 11.6. The SMILES string of the molecule is C#Cc1ccc(-c2nnc3ccccn23)nc1.C#Cc1ccc(-c2nnc3ccccn23)nc1.CCC.[Pt]. The van der Waals surface area contributed by atoms with E-state index in [0.717, 1.165) is 33.8 Å². The molecule has 0 N–H and O–H groups in total. The Morgan fingerprint density at radius 1 is 0.632 bits per heavy atom. The first-order chi connectivity index (χ1) is 18.2. The van der Waals surface area contributed by atoms with Crippen LogP contribution in [0.25, 0.3) is 34.3 Å². The van der Waals surface area contributed by atoms with Crippen LogP contribution in [0.1, 0.15) is 31.4 Å². The van der Waals surface area contributed by atoms with Gasteiger partial charge in [0.25, 0.3) is 0 Å². The molecule has 38 heavy (non-hydrogen) atoms. The molecule has 0 aliphatic rings. The molecule has 0 bridgehead atoms. The van der Waals surface area contributed by atoms with Crippen molar-refractivity contribution in [3.05, 3.63) is 96.6 Å². The van der Waals surface area contributed by atoms with E-state index in [4.69, 9.17) is 12.8 Å². The van der Waals surface area contributed by atoms with Crippen molar-refractivity contribution < 1.29 is 21.1 Å². The third kappa shape index (κ3) is 6.37. The van der Waals surface area contributed by atoms with Gasteiger partial charge in [-0.3, -0.25) is 18.8 Å². The Kier molecular flexibility index (Phi) is 9.99. The summed E-state index contributed by atoms with van der Waals surface area (Å²) in [5.41, 5.74) is 4.60. The van der Waals surface area contributed by atoms with Crippen molar-refractivity contribution in [3.8, 4) is 47.7 Å². The minimum absolute atomic E-state index is 0. The Hall–Kier alpha value is -4.65. The number of nitrogens with zero attached hydrogens (tertiary/aromatic N) is 8. The smallest absolute Gasteiger partial charge is 0.186 e. The van der Waals surface area contributed by atoms with Gasteiger partial charge in [0.1, 0.15) is 11.4 Å². The molecule has 6 heterocycles. The number of fused-ring (bicyclic) bond motifs is 2. The van der Waals surface area contributed by atoms with Gasteiger partial charge in [-0.1, -0.05) is 44.2 Å². The van der Waals surface area contributed by atoms with Crippen LogP contribution in [0.4, 0.5) is 0 Å². The van der Waals surface area contributed by atoms with Crippen molar-refractivity contribution in [2.24, 2.45) is 0 Å². The monoisotopic (exact) mass is 679 g/mol. The Morgan fingerprint density at radius 2 is 1.05 bits per heavy atom. The van der Waals surface area contributed by atoms with Crippen LogP contribution in [0.2, 0.25) is 0 Å². The van der Waals surface area contributed by atoms with E-state index in [-0.39, 0.29) is 21.1 Å². The summed E-state index contributed by atoms with van der Waals surface area (Å²) in [5, 5.41) is 16.4. The molecule has 0 aliphatic heterocycles. The van der Waals surface area contributed by atoms with Crippen LogP contribution in [0.15, 0.2) is 85.5 Å². The summed E-state index contributed by atoms with van der Waals surface area (Å²) >= 11 is 0. The van der Waals surface area contributed by atoms with Crippen LogP contribution in [-0.2, 0) is 21.1 Å². The van der Waals surface area contributed by atoms with Gasteiger partial charge in [0.15, 0.2) is 22.9 Å². The molecule has 0 spiro atoms. The van der Waals surface area contributed by atoms with E-state index in [9.17, 15) is 0 Å². The average molecular weight is 680 g/mol. The number of aromatic nitrogens is 8. The molecule has 6 aromatic rings. The predicted octanol–water partition coefficient (Wildman–Crippen LogP) is 4.96. The molecule has 0 radical (unpaired) electrons.